The summed E-state index contributed by atoms with van der Waals surface area (Å²) >= 11 is 0. The first-order valence-corrected chi connectivity index (χ1v) is 10.7. The molecule has 1 saturated heterocycles. The summed E-state index contributed by atoms with van der Waals surface area (Å²) in [6.07, 6.45) is 2.89. The Bertz CT molecular complexity index is 1360. The third kappa shape index (κ3) is 4.41. The number of anilines is 1. The molecule has 0 spiro atoms. The molecule has 2 aromatic heterocycles. The van der Waals surface area contributed by atoms with E-state index in [4.69, 9.17) is 9.26 Å². The molecule has 1 aliphatic rings. The number of fused-ring (bicyclic) bond motifs is 1. The van der Waals surface area contributed by atoms with Crippen molar-refractivity contribution in [1.82, 2.24) is 19.6 Å². The Balaban J connectivity index is 1.49. The number of nitrogens with one attached hydrogen (secondary N) is 1. The number of benzene rings is 2. The molecule has 5 rings (SSSR count). The number of hydrogen-bond donors (Lipinski definition) is 1. The molecule has 1 fully saturated rings. The summed E-state index contributed by atoms with van der Waals surface area (Å²) in [5, 5.41) is 6.90. The molecule has 9 nitrogen and oxygen atoms in total. The molecule has 2 aromatic carbocycles. The summed E-state index contributed by atoms with van der Waals surface area (Å²) < 4.78 is 11.7. The molecule has 0 radical (unpaired) electrons. The van der Waals surface area contributed by atoms with Crippen LogP contribution >= 0.6 is 0 Å². The zero-order chi connectivity index (χ0) is 22.8. The van der Waals surface area contributed by atoms with Crippen molar-refractivity contribution < 1.29 is 14.1 Å². The van der Waals surface area contributed by atoms with Gasteiger partial charge in [-0.1, -0.05) is 17.3 Å². The van der Waals surface area contributed by atoms with Gasteiger partial charge in [-0.15, -0.1) is 0 Å². The Morgan fingerprint density at radius 3 is 2.76 bits per heavy atom. The van der Waals surface area contributed by atoms with Gasteiger partial charge in [-0.05, 0) is 42.3 Å². The lowest BCUT2D eigenvalue weighted by Crippen LogP contribution is -2.35. The molecule has 168 valence electrons. The number of amides is 1. The maximum Gasteiger partial charge on any atom is 0.265 e. The van der Waals surface area contributed by atoms with Gasteiger partial charge in [-0.25, -0.2) is 4.98 Å². The first-order valence-electron chi connectivity index (χ1n) is 10.7. The van der Waals surface area contributed by atoms with E-state index in [-0.39, 0.29) is 11.5 Å². The fourth-order valence-corrected chi connectivity index (χ4v) is 3.93. The Labute approximate surface area is 189 Å². The van der Waals surface area contributed by atoms with Gasteiger partial charge in [0, 0.05) is 31.3 Å². The fourth-order valence-electron chi connectivity index (χ4n) is 3.93. The summed E-state index contributed by atoms with van der Waals surface area (Å²) in [5.74, 6) is -0.0285. The van der Waals surface area contributed by atoms with Crippen LogP contribution in [-0.4, -0.2) is 51.8 Å². The van der Waals surface area contributed by atoms with Crippen LogP contribution in [0.25, 0.3) is 16.6 Å². The van der Waals surface area contributed by atoms with Crippen LogP contribution < -0.4 is 10.9 Å². The number of aromatic nitrogens is 3. The van der Waals surface area contributed by atoms with Gasteiger partial charge in [0.05, 0.1) is 29.8 Å². The quantitative estimate of drug-likeness (QED) is 0.504. The summed E-state index contributed by atoms with van der Waals surface area (Å²) in [4.78, 5) is 32.9. The highest BCUT2D eigenvalue weighted by Crippen LogP contribution is 2.18. The molecule has 3 heterocycles. The number of carbonyl (C=O) groups excluding carboxylic acids is 1. The Kier molecular flexibility index (Phi) is 5.72. The maximum absolute atomic E-state index is 13.4. The van der Waals surface area contributed by atoms with Gasteiger partial charge < -0.3 is 14.6 Å². The van der Waals surface area contributed by atoms with Crippen molar-refractivity contribution in [3.05, 3.63) is 82.1 Å². The molecular formula is C24H23N5O4. The molecule has 0 bridgehead atoms. The monoisotopic (exact) mass is 445 g/mol. The predicted molar refractivity (Wildman–Crippen MR) is 123 cm³/mol. The second kappa shape index (κ2) is 8.97. The van der Waals surface area contributed by atoms with E-state index in [1.54, 1.807) is 24.3 Å². The number of aryl methyl sites for hydroxylation is 1. The third-order valence-electron chi connectivity index (χ3n) is 5.74. The van der Waals surface area contributed by atoms with Crippen LogP contribution in [0.3, 0.4) is 0 Å². The molecule has 0 saturated carbocycles. The highest BCUT2D eigenvalue weighted by Gasteiger charge is 2.15. The van der Waals surface area contributed by atoms with E-state index in [0.29, 0.717) is 28.0 Å². The van der Waals surface area contributed by atoms with Gasteiger partial charge in [0.15, 0.2) is 5.82 Å². The van der Waals surface area contributed by atoms with E-state index in [0.717, 1.165) is 44.0 Å². The van der Waals surface area contributed by atoms with Crippen molar-refractivity contribution in [1.29, 1.82) is 0 Å². The van der Waals surface area contributed by atoms with Crippen LogP contribution in [0.2, 0.25) is 0 Å². The Morgan fingerprint density at radius 2 is 1.97 bits per heavy atom. The van der Waals surface area contributed by atoms with Crippen molar-refractivity contribution in [3.8, 4) is 5.69 Å². The van der Waals surface area contributed by atoms with Crippen LogP contribution in [-0.2, 0) is 11.3 Å². The summed E-state index contributed by atoms with van der Waals surface area (Å²) in [6, 6.07) is 12.5. The van der Waals surface area contributed by atoms with Gasteiger partial charge >= 0.3 is 0 Å². The highest BCUT2D eigenvalue weighted by atomic mass is 16.5. The minimum atomic E-state index is -0.347. The van der Waals surface area contributed by atoms with Crippen molar-refractivity contribution in [2.75, 3.05) is 31.6 Å². The molecule has 1 amide bonds. The Morgan fingerprint density at radius 1 is 1.12 bits per heavy atom. The van der Waals surface area contributed by atoms with Crippen LogP contribution in [0.1, 0.15) is 21.5 Å². The average Bonchev–Trinajstić information content (AvgIpc) is 3.34. The average molecular weight is 445 g/mol. The first kappa shape index (κ1) is 21.0. The number of ether oxygens (including phenoxy) is 1. The second-order valence-corrected chi connectivity index (χ2v) is 8.00. The summed E-state index contributed by atoms with van der Waals surface area (Å²) in [7, 11) is 0. The van der Waals surface area contributed by atoms with E-state index in [1.165, 1.54) is 17.2 Å². The van der Waals surface area contributed by atoms with Crippen LogP contribution in [0.5, 0.6) is 0 Å². The zero-order valence-electron chi connectivity index (χ0n) is 18.2. The van der Waals surface area contributed by atoms with Crippen LogP contribution in [0.15, 0.2) is 64.4 Å². The second-order valence-electron chi connectivity index (χ2n) is 8.00. The van der Waals surface area contributed by atoms with Crippen LogP contribution in [0.4, 0.5) is 5.82 Å². The van der Waals surface area contributed by atoms with Crippen molar-refractivity contribution in [2.24, 2.45) is 0 Å². The van der Waals surface area contributed by atoms with Crippen LogP contribution in [0, 0.1) is 6.92 Å². The Hall–Kier alpha value is -3.82. The summed E-state index contributed by atoms with van der Waals surface area (Å²) in [5.41, 5.74) is 3.35. The first-order chi connectivity index (χ1) is 16.1. The zero-order valence-corrected chi connectivity index (χ0v) is 18.2. The number of rotatable bonds is 5. The molecule has 9 heteroatoms. The van der Waals surface area contributed by atoms with Gasteiger partial charge in [0.1, 0.15) is 12.6 Å². The SMILES string of the molecule is Cc1ccc(C(=O)Nc2ccon2)cc1-n1cnc2ccc(CN3CCOCC3)cc2c1=O. The number of morpholine rings is 1. The van der Waals surface area contributed by atoms with Gasteiger partial charge in [-0.3, -0.25) is 19.1 Å². The number of carbonyl (C=O) groups is 1. The van der Waals surface area contributed by atoms with Gasteiger partial charge in [-0.2, -0.15) is 0 Å². The number of nitrogens with zero attached hydrogens (tertiary/aromatic N) is 4. The molecule has 0 unspecified atom stereocenters. The van der Waals surface area contributed by atoms with Gasteiger partial charge in [0.25, 0.3) is 11.5 Å². The molecular weight excluding hydrogens is 422 g/mol. The predicted octanol–water partition coefficient (Wildman–Crippen LogP) is 2.77. The largest absolute Gasteiger partial charge is 0.379 e. The third-order valence-corrected chi connectivity index (χ3v) is 5.74. The standard InChI is InChI=1S/C24H23N5O4/c1-16-2-4-18(23(30)26-22-6-9-33-27-22)13-21(16)29-15-25-20-5-3-17(12-19(20)24(29)31)14-28-7-10-32-11-8-28/h2-6,9,12-13,15H,7-8,10-11,14H2,1H3,(H,26,27,30). The van der Waals surface area contributed by atoms with E-state index in [1.807, 2.05) is 25.1 Å². The minimum absolute atomic E-state index is 0.180. The summed E-state index contributed by atoms with van der Waals surface area (Å²) in [6.45, 7) is 5.84. The molecule has 0 atom stereocenters. The van der Waals surface area contributed by atoms with E-state index < -0.39 is 0 Å². The van der Waals surface area contributed by atoms with Crippen molar-refractivity contribution in [2.45, 2.75) is 13.5 Å². The lowest BCUT2D eigenvalue weighted by Gasteiger charge is -2.26. The normalized spacial score (nSPS) is 14.5. The highest BCUT2D eigenvalue weighted by molar-refractivity contribution is 6.04. The van der Waals surface area contributed by atoms with Crippen molar-refractivity contribution in [3.63, 3.8) is 0 Å². The topological polar surface area (TPSA) is 102 Å². The number of hydrogen-bond acceptors (Lipinski definition) is 7. The maximum atomic E-state index is 13.4. The van der Waals surface area contributed by atoms with E-state index in [2.05, 4.69) is 20.4 Å². The molecule has 0 aliphatic carbocycles. The smallest absolute Gasteiger partial charge is 0.265 e. The van der Waals surface area contributed by atoms with Gasteiger partial charge in [0.2, 0.25) is 0 Å². The van der Waals surface area contributed by atoms with E-state index in [9.17, 15) is 9.59 Å². The fraction of sp³-hybridized carbons (Fsp3) is 0.250. The molecule has 4 aromatic rings. The molecule has 1 aliphatic heterocycles. The lowest BCUT2D eigenvalue weighted by atomic mass is 10.1. The van der Waals surface area contributed by atoms with Crippen molar-refractivity contribution >= 4 is 22.6 Å². The van der Waals surface area contributed by atoms with E-state index >= 15 is 0 Å². The molecule has 33 heavy (non-hydrogen) atoms. The minimum Gasteiger partial charge on any atom is -0.379 e. The molecule has 1 N–H and O–H groups in total. The lowest BCUT2D eigenvalue weighted by molar-refractivity contribution is 0.0342.